The van der Waals surface area contributed by atoms with Gasteiger partial charge in [0.2, 0.25) is 0 Å². The molecule has 1 saturated heterocycles. The van der Waals surface area contributed by atoms with Gasteiger partial charge in [-0.1, -0.05) is 23.7 Å². The molecule has 0 atom stereocenters. The number of nitrogens with zero attached hydrogens (tertiary/aromatic N) is 4. The Bertz CT molecular complexity index is 763. The molecule has 1 aliphatic rings. The number of rotatable bonds is 6. The van der Waals surface area contributed by atoms with Crippen LogP contribution in [0.25, 0.3) is 0 Å². The molecule has 5 heteroatoms. The Labute approximate surface area is 161 Å². The van der Waals surface area contributed by atoms with Crippen molar-refractivity contribution in [2.75, 3.05) is 56.1 Å². The summed E-state index contributed by atoms with van der Waals surface area (Å²) in [5.74, 6) is 0. The van der Waals surface area contributed by atoms with Gasteiger partial charge in [0.1, 0.15) is 0 Å². The van der Waals surface area contributed by atoms with Gasteiger partial charge in [-0.05, 0) is 49.4 Å². The molecule has 1 aliphatic heterocycles. The Balaban J connectivity index is 1.42. The van der Waals surface area contributed by atoms with Crippen molar-refractivity contribution < 1.29 is 0 Å². The van der Waals surface area contributed by atoms with Crippen molar-refractivity contribution in [2.45, 2.75) is 6.42 Å². The summed E-state index contributed by atoms with van der Waals surface area (Å²) < 4.78 is 0. The molecule has 0 saturated carbocycles. The molecule has 2 aromatic rings. The Hall–Kier alpha value is -2.22. The molecule has 0 spiro atoms. The monoisotopic (exact) mass is 368 g/mol. The van der Waals surface area contributed by atoms with E-state index in [0.29, 0.717) is 5.56 Å². The third-order valence-corrected chi connectivity index (χ3v) is 5.16. The fraction of sp³-hybridized carbons (Fsp3) is 0.381. The largest absolute Gasteiger partial charge is 0.375 e. The molecular weight excluding hydrogens is 344 g/mol. The van der Waals surface area contributed by atoms with Crippen LogP contribution in [0, 0.1) is 11.3 Å². The first-order valence-electron chi connectivity index (χ1n) is 9.10. The number of benzene rings is 2. The highest BCUT2D eigenvalue weighted by atomic mass is 35.5. The molecule has 2 aromatic carbocycles. The molecule has 136 valence electrons. The maximum absolute atomic E-state index is 9.02. The number of hydrogen-bond donors (Lipinski definition) is 0. The van der Waals surface area contributed by atoms with Crippen molar-refractivity contribution in [3.05, 3.63) is 59.1 Å². The summed E-state index contributed by atoms with van der Waals surface area (Å²) in [5.41, 5.74) is 3.04. The molecule has 0 unspecified atom stereocenters. The van der Waals surface area contributed by atoms with Crippen molar-refractivity contribution in [3.63, 3.8) is 0 Å². The molecule has 3 rings (SSSR count). The second-order valence-electron chi connectivity index (χ2n) is 6.75. The topological polar surface area (TPSA) is 33.5 Å². The van der Waals surface area contributed by atoms with Crippen molar-refractivity contribution in [3.8, 4) is 6.07 Å². The van der Waals surface area contributed by atoms with E-state index in [2.05, 4.69) is 39.9 Å². The molecule has 0 amide bonds. The lowest BCUT2D eigenvalue weighted by Gasteiger charge is -2.36. The van der Waals surface area contributed by atoms with E-state index in [4.69, 9.17) is 16.9 Å². The van der Waals surface area contributed by atoms with Crippen LogP contribution in [0.2, 0.25) is 5.02 Å². The fourth-order valence-electron chi connectivity index (χ4n) is 3.38. The number of hydrogen-bond acceptors (Lipinski definition) is 4. The van der Waals surface area contributed by atoms with Gasteiger partial charge in [0.15, 0.2) is 0 Å². The van der Waals surface area contributed by atoms with Gasteiger partial charge in [-0.25, -0.2) is 0 Å². The van der Waals surface area contributed by atoms with E-state index in [1.165, 1.54) is 5.69 Å². The highest BCUT2D eigenvalue weighted by Gasteiger charge is 2.17. The molecule has 0 aliphatic carbocycles. The number of anilines is 2. The highest BCUT2D eigenvalue weighted by molar-refractivity contribution is 6.30. The summed E-state index contributed by atoms with van der Waals surface area (Å²) >= 11 is 6.10. The summed E-state index contributed by atoms with van der Waals surface area (Å²) in [6.07, 6.45) is 1.12. The lowest BCUT2D eigenvalue weighted by molar-refractivity contribution is 0.256. The second kappa shape index (κ2) is 8.93. The normalized spacial score (nSPS) is 14.9. The van der Waals surface area contributed by atoms with Gasteiger partial charge < -0.3 is 9.80 Å². The second-order valence-corrected chi connectivity index (χ2v) is 7.18. The molecule has 0 aromatic heterocycles. The average Bonchev–Trinajstić information content (AvgIpc) is 2.68. The van der Waals surface area contributed by atoms with Gasteiger partial charge in [0, 0.05) is 56.2 Å². The van der Waals surface area contributed by atoms with Crippen molar-refractivity contribution in [2.24, 2.45) is 0 Å². The maximum atomic E-state index is 9.02. The molecule has 0 N–H and O–H groups in total. The zero-order valence-corrected chi connectivity index (χ0v) is 16.0. The average molecular weight is 369 g/mol. The van der Waals surface area contributed by atoms with Crippen molar-refractivity contribution in [1.82, 2.24) is 4.90 Å². The van der Waals surface area contributed by atoms with E-state index in [1.54, 1.807) is 0 Å². The predicted molar refractivity (Wildman–Crippen MR) is 109 cm³/mol. The Morgan fingerprint density at radius 2 is 1.85 bits per heavy atom. The SMILES string of the molecule is CN(CCCN1CCN(c2cccc(Cl)c2)CC1)c1cccc(C#N)c1. The maximum Gasteiger partial charge on any atom is 0.0992 e. The first-order valence-corrected chi connectivity index (χ1v) is 9.48. The highest BCUT2D eigenvalue weighted by Crippen LogP contribution is 2.21. The van der Waals surface area contributed by atoms with Crippen LogP contribution < -0.4 is 9.80 Å². The van der Waals surface area contributed by atoms with Crippen LogP contribution in [-0.4, -0.2) is 51.2 Å². The number of nitriles is 1. The minimum Gasteiger partial charge on any atom is -0.375 e. The molecule has 4 nitrogen and oxygen atoms in total. The van der Waals surface area contributed by atoms with Gasteiger partial charge in [0.05, 0.1) is 11.6 Å². The summed E-state index contributed by atoms with van der Waals surface area (Å²) in [7, 11) is 2.09. The summed E-state index contributed by atoms with van der Waals surface area (Å²) in [4.78, 5) is 7.16. The van der Waals surface area contributed by atoms with Crippen LogP contribution in [0.4, 0.5) is 11.4 Å². The van der Waals surface area contributed by atoms with Crippen molar-refractivity contribution >= 4 is 23.0 Å². The predicted octanol–water partition coefficient (Wildman–Crippen LogP) is 3.86. The molecule has 0 bridgehead atoms. The van der Waals surface area contributed by atoms with Crippen LogP contribution in [0.3, 0.4) is 0 Å². The molecule has 1 heterocycles. The van der Waals surface area contributed by atoms with E-state index in [-0.39, 0.29) is 0 Å². The van der Waals surface area contributed by atoms with Gasteiger partial charge in [-0.2, -0.15) is 5.26 Å². The quantitative estimate of drug-likeness (QED) is 0.775. The molecular formula is C21H25ClN4. The Kier molecular flexibility index (Phi) is 6.38. The molecule has 0 radical (unpaired) electrons. The molecule has 1 fully saturated rings. The fourth-order valence-corrected chi connectivity index (χ4v) is 3.56. The summed E-state index contributed by atoms with van der Waals surface area (Å²) in [6.45, 7) is 6.34. The van der Waals surface area contributed by atoms with Crippen LogP contribution in [0.1, 0.15) is 12.0 Å². The van der Waals surface area contributed by atoms with Crippen molar-refractivity contribution in [1.29, 1.82) is 5.26 Å². The first kappa shape index (κ1) is 18.6. The Morgan fingerprint density at radius 1 is 1.08 bits per heavy atom. The van der Waals surface area contributed by atoms with Gasteiger partial charge in [-0.3, -0.25) is 4.90 Å². The number of piperazine rings is 1. The zero-order valence-electron chi connectivity index (χ0n) is 15.2. The lowest BCUT2D eigenvalue weighted by atomic mass is 10.2. The van der Waals surface area contributed by atoms with Crippen LogP contribution in [0.5, 0.6) is 0 Å². The van der Waals surface area contributed by atoms with Gasteiger partial charge >= 0.3 is 0 Å². The smallest absolute Gasteiger partial charge is 0.0992 e. The molecule has 26 heavy (non-hydrogen) atoms. The van der Waals surface area contributed by atoms with Crippen LogP contribution in [0.15, 0.2) is 48.5 Å². The Morgan fingerprint density at radius 3 is 2.58 bits per heavy atom. The summed E-state index contributed by atoms with van der Waals surface area (Å²) in [5, 5.41) is 9.82. The van der Waals surface area contributed by atoms with Gasteiger partial charge in [-0.15, -0.1) is 0 Å². The number of halogens is 1. The standard InChI is InChI=1S/C21H25ClN4/c1-24(20-7-2-5-18(15-20)17-23)9-4-10-25-11-13-26(14-12-25)21-8-3-6-19(22)16-21/h2-3,5-8,15-16H,4,9-14H2,1H3. The van der Waals surface area contributed by atoms with E-state index in [9.17, 15) is 0 Å². The van der Waals surface area contributed by atoms with Crippen LogP contribution >= 0.6 is 11.6 Å². The van der Waals surface area contributed by atoms with E-state index in [0.717, 1.165) is 56.4 Å². The van der Waals surface area contributed by atoms with E-state index >= 15 is 0 Å². The summed E-state index contributed by atoms with van der Waals surface area (Å²) in [6, 6.07) is 18.1. The minimum atomic E-state index is 0.714. The zero-order chi connectivity index (χ0) is 18.4. The third kappa shape index (κ3) is 4.91. The van der Waals surface area contributed by atoms with E-state index < -0.39 is 0 Å². The van der Waals surface area contributed by atoms with Gasteiger partial charge in [0.25, 0.3) is 0 Å². The first-order chi connectivity index (χ1) is 12.7. The third-order valence-electron chi connectivity index (χ3n) is 4.93. The van der Waals surface area contributed by atoms with Crippen LogP contribution in [-0.2, 0) is 0 Å². The van der Waals surface area contributed by atoms with E-state index in [1.807, 2.05) is 36.4 Å². The lowest BCUT2D eigenvalue weighted by Crippen LogP contribution is -2.47. The minimum absolute atomic E-state index is 0.714.